The quantitative estimate of drug-likeness (QED) is 0.742. The number of nitrogens with one attached hydrogen (secondary N) is 1. The van der Waals surface area contributed by atoms with E-state index in [0.29, 0.717) is 18.3 Å². The minimum atomic E-state index is -0.0120. The number of nitrogens with zero attached hydrogens (tertiary/aromatic N) is 4. The van der Waals surface area contributed by atoms with E-state index >= 15 is 0 Å². The molecular formula is C21H31N5O2. The number of fused-ring (bicyclic) bond motifs is 1. The van der Waals surface area contributed by atoms with Gasteiger partial charge in [-0.15, -0.1) is 0 Å². The van der Waals surface area contributed by atoms with Gasteiger partial charge in [0, 0.05) is 69.2 Å². The van der Waals surface area contributed by atoms with Crippen molar-refractivity contribution in [3.05, 3.63) is 30.0 Å². The van der Waals surface area contributed by atoms with Crippen LogP contribution in [0.5, 0.6) is 0 Å². The van der Waals surface area contributed by atoms with E-state index in [1.54, 1.807) is 7.11 Å². The Kier molecular flexibility index (Phi) is 6.10. The fraction of sp³-hybridized carbons (Fsp3) is 0.667. The van der Waals surface area contributed by atoms with E-state index in [9.17, 15) is 4.79 Å². The summed E-state index contributed by atoms with van der Waals surface area (Å²) in [7, 11) is 1.70. The van der Waals surface area contributed by atoms with Crippen molar-refractivity contribution in [1.82, 2.24) is 19.3 Å². The molecule has 7 heteroatoms. The van der Waals surface area contributed by atoms with Crippen molar-refractivity contribution in [3.8, 4) is 0 Å². The SMILES string of the molecule is COCCCn1ccc(NC(=O)[C@@H]2CCn3c(cnc3C3CCCCC3)C2)n1. The lowest BCUT2D eigenvalue weighted by Gasteiger charge is -2.27. The van der Waals surface area contributed by atoms with Gasteiger partial charge in [0.15, 0.2) is 5.82 Å². The molecule has 4 rings (SSSR count). The maximum Gasteiger partial charge on any atom is 0.229 e. The normalized spacial score (nSPS) is 20.1. The molecule has 2 aliphatic rings. The zero-order chi connectivity index (χ0) is 19.3. The van der Waals surface area contributed by atoms with Crippen LogP contribution in [0.25, 0.3) is 0 Å². The second kappa shape index (κ2) is 8.90. The first-order valence-electron chi connectivity index (χ1n) is 10.6. The lowest BCUT2D eigenvalue weighted by molar-refractivity contribution is -0.120. The van der Waals surface area contributed by atoms with E-state index in [0.717, 1.165) is 32.4 Å². The van der Waals surface area contributed by atoms with Crippen LogP contribution in [-0.2, 0) is 29.0 Å². The molecule has 1 aliphatic heterocycles. The average Bonchev–Trinajstić information content (AvgIpc) is 3.35. The molecule has 0 bridgehead atoms. The van der Waals surface area contributed by atoms with Gasteiger partial charge in [0.2, 0.25) is 5.91 Å². The van der Waals surface area contributed by atoms with Crippen LogP contribution in [0.3, 0.4) is 0 Å². The number of rotatable bonds is 7. The predicted octanol–water partition coefficient (Wildman–Crippen LogP) is 3.36. The van der Waals surface area contributed by atoms with E-state index in [4.69, 9.17) is 9.72 Å². The Hall–Kier alpha value is -2.15. The van der Waals surface area contributed by atoms with Gasteiger partial charge in [0.1, 0.15) is 5.82 Å². The molecule has 28 heavy (non-hydrogen) atoms. The second-order valence-corrected chi connectivity index (χ2v) is 8.08. The van der Waals surface area contributed by atoms with E-state index < -0.39 is 0 Å². The number of carbonyl (C=O) groups is 1. The molecule has 152 valence electrons. The highest BCUT2D eigenvalue weighted by molar-refractivity contribution is 5.91. The van der Waals surface area contributed by atoms with Gasteiger partial charge in [-0.1, -0.05) is 19.3 Å². The van der Waals surface area contributed by atoms with Gasteiger partial charge in [0.05, 0.1) is 0 Å². The van der Waals surface area contributed by atoms with E-state index in [2.05, 4.69) is 15.0 Å². The number of imidazole rings is 1. The third kappa shape index (κ3) is 4.29. The summed E-state index contributed by atoms with van der Waals surface area (Å²) in [5.41, 5.74) is 1.21. The maximum absolute atomic E-state index is 12.7. The van der Waals surface area contributed by atoms with Gasteiger partial charge in [-0.05, 0) is 25.7 Å². The van der Waals surface area contributed by atoms with Crippen molar-refractivity contribution < 1.29 is 9.53 Å². The largest absolute Gasteiger partial charge is 0.385 e. The molecule has 2 aromatic heterocycles. The van der Waals surface area contributed by atoms with Crippen molar-refractivity contribution in [2.45, 2.75) is 70.4 Å². The molecule has 1 saturated carbocycles. The number of anilines is 1. The molecule has 3 heterocycles. The fourth-order valence-electron chi connectivity index (χ4n) is 4.55. The summed E-state index contributed by atoms with van der Waals surface area (Å²) in [4.78, 5) is 17.5. The van der Waals surface area contributed by atoms with Crippen molar-refractivity contribution in [2.75, 3.05) is 19.0 Å². The highest BCUT2D eigenvalue weighted by Gasteiger charge is 2.29. The monoisotopic (exact) mass is 385 g/mol. The summed E-state index contributed by atoms with van der Waals surface area (Å²) in [5, 5.41) is 7.43. The Labute approximate surface area is 166 Å². The first-order chi connectivity index (χ1) is 13.7. The first kappa shape index (κ1) is 19.2. The number of hydrogen-bond acceptors (Lipinski definition) is 4. The van der Waals surface area contributed by atoms with E-state index in [1.807, 2.05) is 23.1 Å². The maximum atomic E-state index is 12.7. The number of hydrogen-bond donors (Lipinski definition) is 1. The van der Waals surface area contributed by atoms with Crippen LogP contribution < -0.4 is 5.32 Å². The molecule has 7 nitrogen and oxygen atoms in total. The van der Waals surface area contributed by atoms with Gasteiger partial charge in [0.25, 0.3) is 0 Å². The van der Waals surface area contributed by atoms with Crippen LogP contribution >= 0.6 is 0 Å². The minimum Gasteiger partial charge on any atom is -0.385 e. The van der Waals surface area contributed by atoms with Crippen LogP contribution in [0.4, 0.5) is 5.82 Å². The summed E-state index contributed by atoms with van der Waals surface area (Å²) in [6.07, 6.45) is 12.9. The van der Waals surface area contributed by atoms with Gasteiger partial charge >= 0.3 is 0 Å². The van der Waals surface area contributed by atoms with Crippen molar-refractivity contribution in [2.24, 2.45) is 5.92 Å². The molecule has 1 fully saturated rings. The zero-order valence-corrected chi connectivity index (χ0v) is 16.8. The van der Waals surface area contributed by atoms with Gasteiger partial charge in [-0.2, -0.15) is 5.10 Å². The topological polar surface area (TPSA) is 74.0 Å². The smallest absolute Gasteiger partial charge is 0.229 e. The van der Waals surface area contributed by atoms with Crippen LogP contribution in [-0.4, -0.2) is 39.0 Å². The number of aromatic nitrogens is 4. The van der Waals surface area contributed by atoms with Crippen LogP contribution in [0.15, 0.2) is 18.5 Å². The third-order valence-corrected chi connectivity index (χ3v) is 6.09. The molecule has 1 N–H and O–H groups in total. The standard InChI is InChI=1S/C21H31N5O2/c1-28-13-5-10-25-11-9-19(24-25)23-21(27)17-8-12-26-18(14-17)15-22-20(26)16-6-3-2-4-7-16/h9,11,15-17H,2-8,10,12-14H2,1H3,(H,23,24,27)/t17-/m1/s1. The highest BCUT2D eigenvalue weighted by Crippen LogP contribution is 2.34. The Morgan fingerprint density at radius 2 is 2.14 bits per heavy atom. The summed E-state index contributed by atoms with van der Waals surface area (Å²) >= 11 is 0. The molecular weight excluding hydrogens is 354 g/mol. The molecule has 0 saturated heterocycles. The van der Waals surface area contributed by atoms with Gasteiger partial charge in [-0.3, -0.25) is 9.48 Å². The summed E-state index contributed by atoms with van der Waals surface area (Å²) in [6, 6.07) is 1.86. The van der Waals surface area contributed by atoms with Crippen LogP contribution in [0, 0.1) is 5.92 Å². The lowest BCUT2D eigenvalue weighted by Crippen LogP contribution is -2.31. The predicted molar refractivity (Wildman–Crippen MR) is 107 cm³/mol. The number of methoxy groups -OCH3 is 1. The summed E-state index contributed by atoms with van der Waals surface area (Å²) in [6.45, 7) is 2.39. The molecule has 2 aromatic rings. The lowest BCUT2D eigenvalue weighted by atomic mass is 9.88. The molecule has 0 unspecified atom stereocenters. The Balaban J connectivity index is 1.34. The minimum absolute atomic E-state index is 0.0120. The molecule has 0 aromatic carbocycles. The van der Waals surface area contributed by atoms with Crippen molar-refractivity contribution >= 4 is 11.7 Å². The highest BCUT2D eigenvalue weighted by atomic mass is 16.5. The summed E-state index contributed by atoms with van der Waals surface area (Å²) in [5.74, 6) is 2.54. The average molecular weight is 386 g/mol. The van der Waals surface area contributed by atoms with Gasteiger partial charge in [-0.25, -0.2) is 4.98 Å². The molecule has 0 spiro atoms. The van der Waals surface area contributed by atoms with Crippen molar-refractivity contribution in [1.29, 1.82) is 0 Å². The van der Waals surface area contributed by atoms with Crippen molar-refractivity contribution in [3.63, 3.8) is 0 Å². The zero-order valence-electron chi connectivity index (χ0n) is 16.8. The molecule has 0 radical (unpaired) electrons. The third-order valence-electron chi connectivity index (χ3n) is 6.09. The van der Waals surface area contributed by atoms with E-state index in [1.165, 1.54) is 43.6 Å². The Morgan fingerprint density at radius 1 is 1.29 bits per heavy atom. The number of ether oxygens (including phenoxy) is 1. The molecule has 1 atom stereocenters. The Bertz CT molecular complexity index is 791. The number of carbonyl (C=O) groups excluding carboxylic acids is 1. The second-order valence-electron chi connectivity index (χ2n) is 8.08. The number of amides is 1. The van der Waals surface area contributed by atoms with E-state index in [-0.39, 0.29) is 11.8 Å². The van der Waals surface area contributed by atoms with Crippen LogP contribution in [0.1, 0.15) is 62.4 Å². The fourth-order valence-corrected chi connectivity index (χ4v) is 4.55. The molecule has 1 aliphatic carbocycles. The molecule has 1 amide bonds. The Morgan fingerprint density at radius 3 is 2.96 bits per heavy atom. The van der Waals surface area contributed by atoms with Gasteiger partial charge < -0.3 is 14.6 Å². The first-order valence-corrected chi connectivity index (χ1v) is 10.6. The summed E-state index contributed by atoms with van der Waals surface area (Å²) < 4.78 is 9.29. The number of aryl methyl sites for hydroxylation is 1. The van der Waals surface area contributed by atoms with Crippen LogP contribution in [0.2, 0.25) is 0 Å².